The van der Waals surface area contributed by atoms with E-state index in [0.29, 0.717) is 11.6 Å². The number of aromatic nitrogens is 2. The lowest BCUT2D eigenvalue weighted by molar-refractivity contribution is -0.139. The Morgan fingerprint density at radius 2 is 2.00 bits per heavy atom. The molecule has 1 aliphatic carbocycles. The Bertz CT molecular complexity index is 1000. The zero-order valence-electron chi connectivity index (χ0n) is 14.6. The lowest BCUT2D eigenvalue weighted by atomic mass is 10.0. The summed E-state index contributed by atoms with van der Waals surface area (Å²) in [5.41, 5.74) is 0.262. The Balaban J connectivity index is 1.63. The molecule has 1 unspecified atom stereocenters. The third kappa shape index (κ3) is 3.39. The molecular formula is C19H18F3N3OS. The van der Waals surface area contributed by atoms with Crippen LogP contribution in [0.1, 0.15) is 39.9 Å². The number of alkyl halides is 3. The molecule has 1 aliphatic rings. The number of nitrogens with zero attached hydrogens (tertiary/aromatic N) is 2. The summed E-state index contributed by atoms with van der Waals surface area (Å²) < 4.78 is 39.6. The first-order valence-corrected chi connectivity index (χ1v) is 9.53. The number of nitrogens with one attached hydrogen (secondary N) is 1. The van der Waals surface area contributed by atoms with Crippen LogP contribution in [0.4, 0.5) is 19.0 Å². The molecule has 27 heavy (non-hydrogen) atoms. The fraction of sp³-hybridized carbons (Fsp3) is 0.368. The summed E-state index contributed by atoms with van der Waals surface area (Å²) in [5.74, 6) is 1.18. The molecule has 0 radical (unpaired) electrons. The monoisotopic (exact) mass is 393 g/mol. The third-order valence-electron chi connectivity index (χ3n) is 4.76. The Morgan fingerprint density at radius 3 is 2.78 bits per heavy atom. The standard InChI is InChI=1S/C19H18F3N3OS/c1-10-24-17(16-12-6-4-8-15(12)27-18(16)25-10)23-9-14(26)11-5-2-3-7-13(11)19(20,21)22/h2-3,5,7,14,26H,4,6,8-9H2,1H3,(H,23,24,25). The lowest BCUT2D eigenvalue weighted by Crippen LogP contribution is -2.18. The maximum Gasteiger partial charge on any atom is 0.416 e. The van der Waals surface area contributed by atoms with Crippen molar-refractivity contribution in [2.45, 2.75) is 38.5 Å². The molecule has 0 aliphatic heterocycles. The second-order valence-electron chi connectivity index (χ2n) is 6.64. The number of hydrogen-bond donors (Lipinski definition) is 2. The number of anilines is 1. The van der Waals surface area contributed by atoms with Crippen molar-refractivity contribution in [1.29, 1.82) is 0 Å². The van der Waals surface area contributed by atoms with Crippen molar-refractivity contribution in [3.8, 4) is 0 Å². The van der Waals surface area contributed by atoms with E-state index in [1.54, 1.807) is 18.3 Å². The number of aliphatic hydroxyl groups is 1. The topological polar surface area (TPSA) is 58.0 Å². The molecule has 0 amide bonds. The SMILES string of the molecule is Cc1nc(NCC(O)c2ccccc2C(F)(F)F)c2c3c(sc2n1)CCC3. The van der Waals surface area contributed by atoms with Gasteiger partial charge in [0.05, 0.1) is 17.1 Å². The van der Waals surface area contributed by atoms with Crippen molar-refractivity contribution in [2.75, 3.05) is 11.9 Å². The number of benzene rings is 1. The number of fused-ring (bicyclic) bond motifs is 3. The molecule has 2 N–H and O–H groups in total. The second-order valence-corrected chi connectivity index (χ2v) is 7.72. The number of aryl methyl sites for hydroxylation is 3. The highest BCUT2D eigenvalue weighted by Gasteiger charge is 2.34. The van der Waals surface area contributed by atoms with Gasteiger partial charge in [-0.05, 0) is 43.4 Å². The smallest absolute Gasteiger partial charge is 0.387 e. The molecule has 0 spiro atoms. The van der Waals surface area contributed by atoms with Crippen molar-refractivity contribution >= 4 is 27.4 Å². The number of halogens is 3. The molecule has 2 aromatic heterocycles. The zero-order valence-corrected chi connectivity index (χ0v) is 15.4. The van der Waals surface area contributed by atoms with E-state index in [1.165, 1.54) is 28.6 Å². The fourth-order valence-corrected chi connectivity index (χ4v) is 4.89. The summed E-state index contributed by atoms with van der Waals surface area (Å²) in [4.78, 5) is 11.1. The van der Waals surface area contributed by atoms with Crippen LogP contribution in [-0.2, 0) is 19.0 Å². The molecule has 0 saturated carbocycles. The summed E-state index contributed by atoms with van der Waals surface area (Å²) in [6.07, 6.45) is -2.75. The quantitative estimate of drug-likeness (QED) is 0.677. The Labute approximate surface area is 158 Å². The van der Waals surface area contributed by atoms with Gasteiger partial charge in [-0.15, -0.1) is 11.3 Å². The average Bonchev–Trinajstić information content (AvgIpc) is 3.19. The van der Waals surface area contributed by atoms with Gasteiger partial charge in [0, 0.05) is 11.4 Å². The highest BCUT2D eigenvalue weighted by molar-refractivity contribution is 7.19. The number of hydrogen-bond acceptors (Lipinski definition) is 5. The predicted octanol–water partition coefficient (Wildman–Crippen LogP) is 4.65. The maximum absolute atomic E-state index is 13.2. The van der Waals surface area contributed by atoms with E-state index in [2.05, 4.69) is 15.3 Å². The van der Waals surface area contributed by atoms with Gasteiger partial charge in [0.1, 0.15) is 16.5 Å². The van der Waals surface area contributed by atoms with E-state index in [0.717, 1.165) is 35.5 Å². The first-order valence-electron chi connectivity index (χ1n) is 8.71. The lowest BCUT2D eigenvalue weighted by Gasteiger charge is -2.18. The molecule has 142 valence electrons. The van der Waals surface area contributed by atoms with Gasteiger partial charge < -0.3 is 10.4 Å². The maximum atomic E-state index is 13.2. The van der Waals surface area contributed by atoms with Gasteiger partial charge in [0.2, 0.25) is 0 Å². The number of thiophene rings is 1. The molecule has 8 heteroatoms. The molecule has 0 bridgehead atoms. The minimum absolute atomic E-state index is 0.0662. The summed E-state index contributed by atoms with van der Waals surface area (Å²) in [5, 5.41) is 14.4. The van der Waals surface area contributed by atoms with E-state index in [9.17, 15) is 18.3 Å². The molecular weight excluding hydrogens is 375 g/mol. The van der Waals surface area contributed by atoms with Crippen LogP contribution in [0, 0.1) is 6.92 Å². The van der Waals surface area contributed by atoms with E-state index in [-0.39, 0.29) is 12.1 Å². The molecule has 0 saturated heterocycles. The van der Waals surface area contributed by atoms with Crippen LogP contribution in [-0.4, -0.2) is 21.6 Å². The van der Waals surface area contributed by atoms with Crippen molar-refractivity contribution in [2.24, 2.45) is 0 Å². The van der Waals surface area contributed by atoms with E-state index in [1.807, 2.05) is 0 Å². The van der Waals surface area contributed by atoms with Crippen LogP contribution in [0.5, 0.6) is 0 Å². The first-order chi connectivity index (χ1) is 12.8. The van der Waals surface area contributed by atoms with E-state index < -0.39 is 17.8 Å². The van der Waals surface area contributed by atoms with Gasteiger partial charge in [-0.25, -0.2) is 9.97 Å². The van der Waals surface area contributed by atoms with Crippen molar-refractivity contribution < 1.29 is 18.3 Å². The fourth-order valence-electron chi connectivity index (χ4n) is 3.58. The Hall–Kier alpha value is -2.19. The largest absolute Gasteiger partial charge is 0.416 e. The molecule has 0 fully saturated rings. The number of rotatable bonds is 4. The highest BCUT2D eigenvalue weighted by Crippen LogP contribution is 2.40. The van der Waals surface area contributed by atoms with Crippen molar-refractivity contribution in [1.82, 2.24) is 9.97 Å². The average molecular weight is 393 g/mol. The molecule has 2 heterocycles. The van der Waals surface area contributed by atoms with E-state index >= 15 is 0 Å². The van der Waals surface area contributed by atoms with Crippen molar-refractivity contribution in [3.63, 3.8) is 0 Å². The molecule has 1 atom stereocenters. The summed E-state index contributed by atoms with van der Waals surface area (Å²) in [6.45, 7) is 1.72. The minimum Gasteiger partial charge on any atom is -0.387 e. The van der Waals surface area contributed by atoms with Crippen LogP contribution in [0.25, 0.3) is 10.2 Å². The molecule has 4 rings (SSSR count). The predicted molar refractivity (Wildman–Crippen MR) is 99.1 cm³/mol. The van der Waals surface area contributed by atoms with Crippen LogP contribution >= 0.6 is 11.3 Å². The number of aliphatic hydroxyl groups excluding tert-OH is 1. The van der Waals surface area contributed by atoms with Crippen molar-refractivity contribution in [3.05, 3.63) is 51.7 Å². The third-order valence-corrected chi connectivity index (χ3v) is 5.95. The molecule has 4 nitrogen and oxygen atoms in total. The van der Waals surface area contributed by atoms with Crippen LogP contribution in [0.15, 0.2) is 24.3 Å². The minimum atomic E-state index is -4.51. The Morgan fingerprint density at radius 1 is 1.22 bits per heavy atom. The normalized spacial score (nSPS) is 15.1. The van der Waals surface area contributed by atoms with Gasteiger partial charge in [-0.1, -0.05) is 18.2 Å². The van der Waals surface area contributed by atoms with Crippen LogP contribution in [0.2, 0.25) is 0 Å². The van der Waals surface area contributed by atoms with Crippen LogP contribution in [0.3, 0.4) is 0 Å². The van der Waals surface area contributed by atoms with Crippen LogP contribution < -0.4 is 5.32 Å². The summed E-state index contributed by atoms with van der Waals surface area (Å²) in [7, 11) is 0. The van der Waals surface area contributed by atoms with Gasteiger partial charge in [0.25, 0.3) is 0 Å². The molecule has 3 aromatic rings. The molecule has 1 aromatic carbocycles. The second kappa shape index (κ2) is 6.76. The van der Waals surface area contributed by atoms with E-state index in [4.69, 9.17) is 0 Å². The zero-order chi connectivity index (χ0) is 19.2. The highest BCUT2D eigenvalue weighted by atomic mass is 32.1. The summed E-state index contributed by atoms with van der Waals surface area (Å²) >= 11 is 1.65. The van der Waals surface area contributed by atoms with Gasteiger partial charge in [0.15, 0.2) is 0 Å². The Kier molecular flexibility index (Phi) is 4.55. The van der Waals surface area contributed by atoms with Gasteiger partial charge in [-0.2, -0.15) is 13.2 Å². The van der Waals surface area contributed by atoms with Gasteiger partial charge >= 0.3 is 6.18 Å². The first kappa shape index (κ1) is 18.2. The van der Waals surface area contributed by atoms with Gasteiger partial charge in [-0.3, -0.25) is 0 Å². The summed E-state index contributed by atoms with van der Waals surface area (Å²) in [6, 6.07) is 5.10.